The topological polar surface area (TPSA) is 185 Å². The number of carbonyl (C=O) groups is 1. The van der Waals surface area contributed by atoms with Gasteiger partial charge < -0.3 is 53.3 Å². The van der Waals surface area contributed by atoms with E-state index in [0.717, 1.165) is 0 Å². The van der Waals surface area contributed by atoms with Gasteiger partial charge in [-0.2, -0.15) is 0 Å². The first-order chi connectivity index (χ1) is 12.8. The second-order valence-electron chi connectivity index (χ2n) is 6.50. The predicted octanol–water partition coefficient (Wildman–Crippen LogP) is -9.25. The van der Waals surface area contributed by atoms with Crippen molar-refractivity contribution in [2.75, 3.05) is 23.5 Å². The first-order valence-corrected chi connectivity index (χ1v) is 10.3. The number of carboxylic acid groups (broad SMARTS) is 1. The van der Waals surface area contributed by atoms with Gasteiger partial charge in [-0.25, -0.2) is 15.0 Å². The van der Waals surface area contributed by atoms with Crippen molar-refractivity contribution in [2.24, 2.45) is 5.73 Å². The van der Waals surface area contributed by atoms with Gasteiger partial charge in [0.25, 0.3) is 0 Å². The Labute approximate surface area is 192 Å². The SMILES string of the molecule is C[S+](CC[C@H](N)C(=O)[O-])C[C@H]1O[C@@H](n2cnc3c(N)ncnc32)[C@H](O)[C@@H]1O.[Br-].[Li+]. The van der Waals surface area contributed by atoms with E-state index in [-0.39, 0.29) is 59.0 Å². The zero-order valence-electron chi connectivity index (χ0n) is 16.0. The normalized spacial score (nSPS) is 25.8. The van der Waals surface area contributed by atoms with Gasteiger partial charge >= 0.3 is 18.9 Å². The molecule has 6 N–H and O–H groups in total. The number of carboxylic acids is 1. The van der Waals surface area contributed by atoms with E-state index in [2.05, 4.69) is 15.0 Å². The number of nitrogens with two attached hydrogens (primary N) is 2. The average Bonchev–Trinajstić information content (AvgIpc) is 3.17. The van der Waals surface area contributed by atoms with Gasteiger partial charge in [0.15, 0.2) is 17.7 Å². The minimum atomic E-state index is -1.28. The van der Waals surface area contributed by atoms with Crippen LogP contribution in [0.2, 0.25) is 0 Å². The third kappa shape index (κ3) is 5.62. The van der Waals surface area contributed by atoms with Crippen molar-refractivity contribution in [1.29, 1.82) is 0 Å². The van der Waals surface area contributed by atoms with E-state index < -0.39 is 36.6 Å². The Bertz CT molecular complexity index is 832. The van der Waals surface area contributed by atoms with Crippen LogP contribution in [0, 0.1) is 0 Å². The molecule has 156 valence electrons. The number of rotatable bonds is 7. The summed E-state index contributed by atoms with van der Waals surface area (Å²) in [6.45, 7) is 0. The van der Waals surface area contributed by atoms with Crippen LogP contribution in [0.5, 0.6) is 0 Å². The molecular formula is C15H22BrLiN6O5S. The van der Waals surface area contributed by atoms with Crippen LogP contribution in [0.3, 0.4) is 0 Å². The molecule has 3 rings (SSSR count). The Balaban J connectivity index is 0.00000210. The van der Waals surface area contributed by atoms with E-state index >= 15 is 0 Å². The maximum absolute atomic E-state index is 10.7. The molecule has 0 bridgehead atoms. The van der Waals surface area contributed by atoms with Crippen LogP contribution in [0.4, 0.5) is 5.82 Å². The standard InChI is InChI=1S/C15H22N6O5S.BrH.Li/c1-27(3-2-7(16)15(24)25)4-8-10(22)11(23)14(26-8)21-6-20-9-12(17)18-5-19-13(9)21;;/h5-8,10-11,14,22-23H,2-4,16H2,1H3,(H2-,17,18,19,24,25);1H;/q;;+1/p-1/t7-,8+,10+,11+,14+,27?;;/m0../s1. The Morgan fingerprint density at radius 2 is 2.07 bits per heavy atom. The van der Waals surface area contributed by atoms with Crippen molar-refractivity contribution in [3.63, 3.8) is 0 Å². The van der Waals surface area contributed by atoms with Gasteiger partial charge in [-0.05, 0) is 10.9 Å². The summed E-state index contributed by atoms with van der Waals surface area (Å²) in [4.78, 5) is 22.8. The van der Waals surface area contributed by atoms with Crippen molar-refractivity contribution in [3.05, 3.63) is 12.7 Å². The molecule has 11 nitrogen and oxygen atoms in total. The van der Waals surface area contributed by atoms with Crippen molar-refractivity contribution in [3.8, 4) is 0 Å². The van der Waals surface area contributed by atoms with Crippen molar-refractivity contribution < 1.29 is 60.7 Å². The molecule has 0 spiro atoms. The molecular weight excluding hydrogens is 463 g/mol. The number of imidazole rings is 1. The van der Waals surface area contributed by atoms with E-state index in [1.165, 1.54) is 17.2 Å². The van der Waals surface area contributed by atoms with Crippen molar-refractivity contribution >= 4 is 33.8 Å². The number of nitrogen functional groups attached to an aromatic ring is 1. The Hall–Kier alpha value is -0.913. The van der Waals surface area contributed by atoms with Gasteiger partial charge in [-0.15, -0.1) is 0 Å². The number of aliphatic carboxylic acids is 1. The number of aromatic nitrogens is 4. The molecule has 1 fully saturated rings. The summed E-state index contributed by atoms with van der Waals surface area (Å²) < 4.78 is 7.39. The Kier molecular flexibility index (Phi) is 9.84. The van der Waals surface area contributed by atoms with Crippen LogP contribution < -0.4 is 52.4 Å². The van der Waals surface area contributed by atoms with Gasteiger partial charge in [0.05, 0.1) is 18.6 Å². The molecule has 14 heteroatoms. The van der Waals surface area contributed by atoms with Gasteiger partial charge in [-0.1, -0.05) is 0 Å². The third-order valence-electron chi connectivity index (χ3n) is 4.53. The minimum absolute atomic E-state index is 0. The van der Waals surface area contributed by atoms with E-state index in [0.29, 0.717) is 22.7 Å². The number of hydrogen-bond donors (Lipinski definition) is 4. The fraction of sp³-hybridized carbons (Fsp3) is 0.600. The molecule has 6 atom stereocenters. The van der Waals surface area contributed by atoms with Crippen molar-refractivity contribution in [2.45, 2.75) is 37.0 Å². The molecule has 0 amide bonds. The maximum Gasteiger partial charge on any atom is 1.00 e. The second-order valence-corrected chi connectivity index (χ2v) is 8.80. The Morgan fingerprint density at radius 3 is 2.72 bits per heavy atom. The monoisotopic (exact) mass is 484 g/mol. The number of halogens is 1. The zero-order valence-corrected chi connectivity index (χ0v) is 18.4. The van der Waals surface area contributed by atoms with Gasteiger partial charge in [0, 0.05) is 12.5 Å². The molecule has 1 aliphatic heterocycles. The van der Waals surface area contributed by atoms with Crippen LogP contribution in [0.15, 0.2) is 12.7 Å². The fourth-order valence-corrected chi connectivity index (χ4v) is 4.62. The smallest absolute Gasteiger partial charge is 1.00 e. The van der Waals surface area contributed by atoms with Crippen molar-refractivity contribution in [1.82, 2.24) is 19.5 Å². The molecule has 1 unspecified atom stereocenters. The molecule has 0 saturated carbocycles. The summed E-state index contributed by atoms with van der Waals surface area (Å²) in [6.07, 6.45) is 1.17. The summed E-state index contributed by atoms with van der Waals surface area (Å²) >= 11 is 0. The number of ether oxygens (including phenoxy) is 1. The third-order valence-corrected chi connectivity index (χ3v) is 6.36. The van der Waals surface area contributed by atoms with Crippen LogP contribution in [0.25, 0.3) is 11.2 Å². The number of aliphatic hydroxyl groups is 2. The molecule has 2 aromatic heterocycles. The summed E-state index contributed by atoms with van der Waals surface area (Å²) in [5.74, 6) is -0.0611. The van der Waals surface area contributed by atoms with Gasteiger partial charge in [0.1, 0.15) is 41.7 Å². The molecule has 29 heavy (non-hydrogen) atoms. The largest absolute Gasteiger partial charge is 1.00 e. The van der Waals surface area contributed by atoms with Crippen LogP contribution in [0.1, 0.15) is 12.6 Å². The second kappa shape index (κ2) is 10.9. The van der Waals surface area contributed by atoms with E-state index in [4.69, 9.17) is 16.2 Å². The number of anilines is 1. The number of carbonyl (C=O) groups excluding carboxylic acids is 1. The first kappa shape index (κ1) is 26.1. The quantitative estimate of drug-likeness (QED) is 0.217. The molecule has 1 saturated heterocycles. The van der Waals surface area contributed by atoms with E-state index in [1.807, 2.05) is 6.26 Å². The van der Waals surface area contributed by atoms with Crippen LogP contribution >= 0.6 is 0 Å². The molecule has 0 aromatic carbocycles. The summed E-state index contributed by atoms with van der Waals surface area (Å²) in [5.41, 5.74) is 12.0. The molecule has 3 heterocycles. The summed E-state index contributed by atoms with van der Waals surface area (Å²) in [7, 11) is -0.263. The number of nitrogens with zero attached hydrogens (tertiary/aromatic N) is 4. The molecule has 1 aliphatic rings. The van der Waals surface area contributed by atoms with Crippen LogP contribution in [-0.2, 0) is 20.4 Å². The minimum Gasteiger partial charge on any atom is -1.00 e. The van der Waals surface area contributed by atoms with Gasteiger partial charge in [-0.3, -0.25) is 4.57 Å². The average molecular weight is 485 g/mol. The number of aliphatic hydroxyl groups excluding tert-OH is 2. The zero-order chi connectivity index (χ0) is 19.7. The molecule has 0 radical (unpaired) electrons. The fourth-order valence-electron chi connectivity index (χ4n) is 2.96. The van der Waals surface area contributed by atoms with E-state index in [9.17, 15) is 20.1 Å². The van der Waals surface area contributed by atoms with E-state index in [1.54, 1.807) is 0 Å². The number of hydrogen-bond acceptors (Lipinski definition) is 10. The molecule has 2 aromatic rings. The molecule has 0 aliphatic carbocycles. The number of fused-ring (bicyclic) bond motifs is 1. The first-order valence-electron chi connectivity index (χ1n) is 8.29. The predicted molar refractivity (Wildman–Crippen MR) is 96.3 cm³/mol. The maximum atomic E-state index is 10.7. The summed E-state index contributed by atoms with van der Waals surface area (Å²) in [6, 6.07) is -1.02. The van der Waals surface area contributed by atoms with Crippen LogP contribution in [-0.4, -0.2) is 77.8 Å². The Morgan fingerprint density at radius 1 is 1.38 bits per heavy atom. The summed E-state index contributed by atoms with van der Waals surface area (Å²) in [5, 5.41) is 31.5. The van der Waals surface area contributed by atoms with Gasteiger partial charge in [0.2, 0.25) is 0 Å².